The molecule has 0 saturated heterocycles. The molecule has 0 atom stereocenters. The molecule has 22 heavy (non-hydrogen) atoms. The van der Waals surface area contributed by atoms with Crippen LogP contribution in [0.5, 0.6) is 11.5 Å². The summed E-state index contributed by atoms with van der Waals surface area (Å²) in [5, 5.41) is 19.6. The lowest BCUT2D eigenvalue weighted by Gasteiger charge is -2.09. The largest absolute Gasteiger partial charge is 0.508 e. The number of nitrogens with zero attached hydrogens (tertiary/aromatic N) is 1. The molecule has 1 heterocycles. The molecule has 0 spiro atoms. The molecule has 1 aromatic heterocycles. The Morgan fingerprint density at radius 2 is 1.91 bits per heavy atom. The highest BCUT2D eigenvalue weighted by Gasteiger charge is 2.19. The van der Waals surface area contributed by atoms with Crippen LogP contribution in [0.4, 0.5) is 5.69 Å². The highest BCUT2D eigenvalue weighted by Crippen LogP contribution is 2.38. The van der Waals surface area contributed by atoms with Gasteiger partial charge in [0.15, 0.2) is 0 Å². The van der Waals surface area contributed by atoms with Crippen molar-refractivity contribution >= 4 is 29.4 Å². The van der Waals surface area contributed by atoms with Crippen LogP contribution in [0, 0.1) is 0 Å². The van der Waals surface area contributed by atoms with Crippen LogP contribution in [0.15, 0.2) is 29.3 Å². The molecule has 1 aromatic carbocycles. The van der Waals surface area contributed by atoms with Crippen molar-refractivity contribution < 1.29 is 19.8 Å². The number of hydrogen-bond donors (Lipinski definition) is 2. The molecule has 5 nitrogen and oxygen atoms in total. The number of phenolic OH excluding ortho intramolecular Hbond substituents is 1. The maximum absolute atomic E-state index is 10.2. The summed E-state index contributed by atoms with van der Waals surface area (Å²) in [6, 6.07) is 6.78. The summed E-state index contributed by atoms with van der Waals surface area (Å²) in [6.45, 7) is 0. The van der Waals surface area contributed by atoms with Crippen LogP contribution >= 0.6 is 11.3 Å². The Labute approximate surface area is 131 Å². The van der Waals surface area contributed by atoms with E-state index >= 15 is 0 Å². The first-order valence-electron chi connectivity index (χ1n) is 6.81. The van der Waals surface area contributed by atoms with Gasteiger partial charge >= 0.3 is 6.15 Å². The second-order valence-corrected chi connectivity index (χ2v) is 5.92. The van der Waals surface area contributed by atoms with E-state index in [1.54, 1.807) is 35.8 Å². The standard InChI is InChI=1S/C15H15NO2S.CO2/c17-11-5-3-4-10(8-11)16-9-14-15(18)12-6-1-2-7-13(12)19-14;2-1-3/h3-5,8-9,17-18H,1-2,6-7H2;. The van der Waals surface area contributed by atoms with Gasteiger partial charge in [0.2, 0.25) is 0 Å². The van der Waals surface area contributed by atoms with Gasteiger partial charge in [0.25, 0.3) is 0 Å². The van der Waals surface area contributed by atoms with Crippen LogP contribution in [0.25, 0.3) is 0 Å². The lowest BCUT2D eigenvalue weighted by atomic mass is 9.98. The Kier molecular flexibility index (Phi) is 5.47. The number of rotatable bonds is 2. The summed E-state index contributed by atoms with van der Waals surface area (Å²) in [5.74, 6) is 0.591. The van der Waals surface area contributed by atoms with Gasteiger partial charge in [-0.1, -0.05) is 6.07 Å². The first-order chi connectivity index (χ1) is 10.7. The van der Waals surface area contributed by atoms with E-state index < -0.39 is 0 Å². The maximum atomic E-state index is 10.2. The number of carbonyl (C=O) groups excluding carboxylic acids is 2. The zero-order chi connectivity index (χ0) is 15.9. The van der Waals surface area contributed by atoms with Crippen molar-refractivity contribution in [2.75, 3.05) is 0 Å². The molecule has 2 N–H and O–H groups in total. The SMILES string of the molecule is O=C=O.Oc1cccc(N=Cc2sc3c(c2O)CCCC3)c1. The smallest absolute Gasteiger partial charge is 0.373 e. The first kappa shape index (κ1) is 15.9. The molecule has 6 heteroatoms. The summed E-state index contributed by atoms with van der Waals surface area (Å²) >= 11 is 1.62. The highest BCUT2D eigenvalue weighted by molar-refractivity contribution is 7.14. The number of aryl methyl sites for hydroxylation is 1. The Morgan fingerprint density at radius 3 is 2.59 bits per heavy atom. The molecular weight excluding hydrogens is 302 g/mol. The highest BCUT2D eigenvalue weighted by atomic mass is 32.1. The Morgan fingerprint density at radius 1 is 1.18 bits per heavy atom. The lowest BCUT2D eigenvalue weighted by molar-refractivity contribution is -0.191. The summed E-state index contributed by atoms with van der Waals surface area (Å²) in [7, 11) is 0. The average Bonchev–Trinajstić information content (AvgIpc) is 2.83. The van der Waals surface area contributed by atoms with Crippen molar-refractivity contribution in [3.05, 3.63) is 39.6 Å². The number of benzene rings is 1. The van der Waals surface area contributed by atoms with Crippen molar-refractivity contribution in [2.45, 2.75) is 25.7 Å². The van der Waals surface area contributed by atoms with Gasteiger partial charge in [-0.2, -0.15) is 9.59 Å². The van der Waals surface area contributed by atoms with E-state index in [1.807, 2.05) is 6.07 Å². The fourth-order valence-electron chi connectivity index (χ4n) is 2.36. The van der Waals surface area contributed by atoms with E-state index in [1.165, 1.54) is 11.3 Å². The minimum atomic E-state index is 0.198. The number of aliphatic imine (C=N–C) groups is 1. The average molecular weight is 317 g/mol. The maximum Gasteiger partial charge on any atom is 0.373 e. The number of hydrogen-bond acceptors (Lipinski definition) is 6. The zero-order valence-corrected chi connectivity index (χ0v) is 12.6. The van der Waals surface area contributed by atoms with Crippen molar-refractivity contribution in [3.8, 4) is 11.5 Å². The summed E-state index contributed by atoms with van der Waals surface area (Å²) in [6.07, 6.45) is 6.33. The fourth-order valence-corrected chi connectivity index (χ4v) is 3.52. The molecule has 0 unspecified atom stereocenters. The topological polar surface area (TPSA) is 87.0 Å². The second-order valence-electron chi connectivity index (χ2n) is 4.79. The van der Waals surface area contributed by atoms with Gasteiger partial charge in [0, 0.05) is 22.7 Å². The van der Waals surface area contributed by atoms with Gasteiger partial charge in [0.1, 0.15) is 11.5 Å². The molecule has 1 aliphatic rings. The molecule has 0 radical (unpaired) electrons. The number of thiophene rings is 1. The van der Waals surface area contributed by atoms with Gasteiger partial charge < -0.3 is 10.2 Å². The van der Waals surface area contributed by atoms with E-state index in [9.17, 15) is 10.2 Å². The van der Waals surface area contributed by atoms with Crippen LogP contribution in [-0.2, 0) is 22.4 Å². The Hall–Kier alpha value is -2.43. The molecule has 1 aliphatic carbocycles. The van der Waals surface area contributed by atoms with E-state index in [-0.39, 0.29) is 11.9 Å². The van der Waals surface area contributed by atoms with Gasteiger partial charge in [0.05, 0.1) is 10.6 Å². The molecule has 114 valence electrons. The van der Waals surface area contributed by atoms with Crippen LogP contribution in [0.3, 0.4) is 0 Å². The van der Waals surface area contributed by atoms with Crippen molar-refractivity contribution in [1.82, 2.24) is 0 Å². The Balaban J connectivity index is 0.000000545. The zero-order valence-electron chi connectivity index (χ0n) is 11.8. The molecule has 0 saturated carbocycles. The van der Waals surface area contributed by atoms with Gasteiger partial charge in [-0.3, -0.25) is 4.99 Å². The summed E-state index contributed by atoms with van der Waals surface area (Å²) in [4.78, 5) is 22.7. The predicted molar refractivity (Wildman–Crippen MR) is 83.0 cm³/mol. The Bertz CT molecular complexity index is 715. The summed E-state index contributed by atoms with van der Waals surface area (Å²) < 4.78 is 0. The monoisotopic (exact) mass is 317 g/mol. The van der Waals surface area contributed by atoms with Crippen molar-refractivity contribution in [3.63, 3.8) is 0 Å². The van der Waals surface area contributed by atoms with E-state index in [2.05, 4.69) is 4.99 Å². The molecule has 3 rings (SSSR count). The third-order valence-corrected chi connectivity index (χ3v) is 4.55. The number of phenols is 1. The van der Waals surface area contributed by atoms with E-state index in [0.717, 1.165) is 29.7 Å². The molecular formula is C16H15NO4S. The molecule has 2 aromatic rings. The first-order valence-corrected chi connectivity index (χ1v) is 7.63. The normalized spacial score (nSPS) is 13.1. The second kappa shape index (κ2) is 7.54. The third-order valence-electron chi connectivity index (χ3n) is 3.33. The fraction of sp³-hybridized carbons (Fsp3) is 0.250. The minimum Gasteiger partial charge on any atom is -0.508 e. The van der Waals surface area contributed by atoms with E-state index in [0.29, 0.717) is 11.4 Å². The molecule has 0 aliphatic heterocycles. The van der Waals surface area contributed by atoms with Crippen LogP contribution in [0.1, 0.15) is 28.2 Å². The van der Waals surface area contributed by atoms with E-state index in [4.69, 9.17) is 9.59 Å². The van der Waals surface area contributed by atoms with Gasteiger partial charge in [-0.25, -0.2) is 0 Å². The quantitative estimate of drug-likeness (QED) is 0.833. The lowest BCUT2D eigenvalue weighted by Crippen LogP contribution is -1.97. The minimum absolute atomic E-state index is 0.198. The number of aromatic hydroxyl groups is 2. The van der Waals surface area contributed by atoms with Gasteiger partial charge in [-0.15, -0.1) is 11.3 Å². The van der Waals surface area contributed by atoms with Crippen LogP contribution < -0.4 is 0 Å². The third kappa shape index (κ3) is 3.81. The molecule has 0 bridgehead atoms. The van der Waals surface area contributed by atoms with Crippen molar-refractivity contribution in [2.24, 2.45) is 4.99 Å². The van der Waals surface area contributed by atoms with Gasteiger partial charge in [-0.05, 0) is 37.8 Å². The van der Waals surface area contributed by atoms with Crippen LogP contribution in [0.2, 0.25) is 0 Å². The van der Waals surface area contributed by atoms with Crippen molar-refractivity contribution in [1.29, 1.82) is 0 Å². The number of fused-ring (bicyclic) bond motifs is 1. The molecule has 0 fully saturated rings. The predicted octanol–water partition coefficient (Wildman–Crippen LogP) is 3.21. The van der Waals surface area contributed by atoms with Crippen LogP contribution in [-0.4, -0.2) is 22.6 Å². The molecule has 0 amide bonds. The summed E-state index contributed by atoms with van der Waals surface area (Å²) in [5.41, 5.74) is 1.79.